The van der Waals surface area contributed by atoms with Crippen LogP contribution in [0.1, 0.15) is 5.56 Å². The fraction of sp³-hybridized carbons (Fsp3) is 0.182. The van der Waals surface area contributed by atoms with E-state index in [9.17, 15) is 18.0 Å². The molecule has 0 saturated heterocycles. The summed E-state index contributed by atoms with van der Waals surface area (Å²) in [7, 11) is 0. The zero-order chi connectivity index (χ0) is 13.9. The molecule has 0 aliphatic heterocycles. The van der Waals surface area contributed by atoms with Crippen LogP contribution in [0.3, 0.4) is 0 Å². The first kappa shape index (κ1) is 14.9. The van der Waals surface area contributed by atoms with Crippen LogP contribution < -0.4 is 0 Å². The van der Waals surface area contributed by atoms with Crippen molar-refractivity contribution in [2.75, 3.05) is 0 Å². The summed E-state index contributed by atoms with van der Waals surface area (Å²) in [5.41, 5.74) is -1.08. The van der Waals surface area contributed by atoms with Gasteiger partial charge >= 0.3 is 12.1 Å². The van der Waals surface area contributed by atoms with Gasteiger partial charge in [-0.05, 0) is 11.6 Å². The minimum Gasteiger partial charge on any atom is -0.478 e. The molecule has 18 heavy (non-hydrogen) atoms. The van der Waals surface area contributed by atoms with Crippen molar-refractivity contribution in [3.8, 4) is 0 Å². The lowest BCUT2D eigenvalue weighted by molar-refractivity contribution is -0.132. The number of hydrogen-bond acceptors (Lipinski definition) is 1. The summed E-state index contributed by atoms with van der Waals surface area (Å²) in [5.74, 6) is -1.67. The Morgan fingerprint density at radius 3 is 2.44 bits per heavy atom. The van der Waals surface area contributed by atoms with Crippen molar-refractivity contribution in [2.24, 2.45) is 0 Å². The fourth-order valence-corrected chi connectivity index (χ4v) is 1.66. The SMILES string of the molecule is O=C(O)/C=C(\Cc1cccc(Cl)c1Cl)C(F)(F)F. The first-order valence-corrected chi connectivity index (χ1v) is 5.41. The Morgan fingerprint density at radius 2 is 1.94 bits per heavy atom. The highest BCUT2D eigenvalue weighted by atomic mass is 35.5. The topological polar surface area (TPSA) is 37.3 Å². The number of carboxylic acids is 1. The van der Waals surface area contributed by atoms with Crippen LogP contribution in [-0.2, 0) is 11.2 Å². The molecule has 0 aliphatic rings. The van der Waals surface area contributed by atoms with Gasteiger partial charge in [0.15, 0.2) is 0 Å². The number of hydrogen-bond donors (Lipinski definition) is 1. The summed E-state index contributed by atoms with van der Waals surface area (Å²) in [6, 6.07) is 4.23. The number of benzene rings is 1. The summed E-state index contributed by atoms with van der Waals surface area (Å²) in [5, 5.41) is 8.52. The Labute approximate surface area is 111 Å². The van der Waals surface area contributed by atoms with Crippen LogP contribution in [0.4, 0.5) is 13.2 Å². The molecule has 2 nitrogen and oxygen atoms in total. The number of carbonyl (C=O) groups is 1. The van der Waals surface area contributed by atoms with Crippen LogP contribution >= 0.6 is 23.2 Å². The highest BCUT2D eigenvalue weighted by Gasteiger charge is 2.34. The van der Waals surface area contributed by atoms with E-state index in [1.165, 1.54) is 18.2 Å². The second kappa shape index (κ2) is 5.63. The molecule has 0 radical (unpaired) electrons. The predicted molar refractivity (Wildman–Crippen MR) is 61.9 cm³/mol. The van der Waals surface area contributed by atoms with Gasteiger partial charge in [-0.25, -0.2) is 4.79 Å². The van der Waals surface area contributed by atoms with E-state index in [4.69, 9.17) is 28.3 Å². The molecule has 0 aromatic heterocycles. The maximum Gasteiger partial charge on any atom is 0.413 e. The molecule has 1 aromatic rings. The summed E-state index contributed by atoms with van der Waals surface area (Å²) in [4.78, 5) is 10.4. The lowest BCUT2D eigenvalue weighted by Gasteiger charge is -2.12. The molecule has 0 aliphatic carbocycles. The van der Waals surface area contributed by atoms with Gasteiger partial charge in [-0.3, -0.25) is 0 Å². The van der Waals surface area contributed by atoms with E-state index >= 15 is 0 Å². The zero-order valence-corrected chi connectivity index (χ0v) is 10.3. The molecule has 7 heteroatoms. The van der Waals surface area contributed by atoms with E-state index in [2.05, 4.69) is 0 Å². The number of carboxylic acid groups (broad SMARTS) is 1. The van der Waals surface area contributed by atoms with E-state index in [1.807, 2.05) is 0 Å². The van der Waals surface area contributed by atoms with Crippen LogP contribution in [0.5, 0.6) is 0 Å². The molecule has 1 rings (SSSR count). The third kappa shape index (κ3) is 3.92. The lowest BCUT2D eigenvalue weighted by Crippen LogP contribution is -2.16. The van der Waals surface area contributed by atoms with Crippen LogP contribution in [0, 0.1) is 0 Å². The highest BCUT2D eigenvalue weighted by molar-refractivity contribution is 6.42. The van der Waals surface area contributed by atoms with Crippen molar-refractivity contribution < 1.29 is 23.1 Å². The van der Waals surface area contributed by atoms with Gasteiger partial charge in [0.2, 0.25) is 0 Å². The predicted octanol–water partition coefficient (Wildman–Crippen LogP) is 4.11. The maximum absolute atomic E-state index is 12.6. The Balaban J connectivity index is 3.13. The normalized spacial score (nSPS) is 12.6. The van der Waals surface area contributed by atoms with Crippen molar-refractivity contribution in [1.82, 2.24) is 0 Å². The minimum absolute atomic E-state index is 0.0142. The monoisotopic (exact) mass is 298 g/mol. The van der Waals surface area contributed by atoms with E-state index in [-0.39, 0.29) is 21.7 Å². The quantitative estimate of drug-likeness (QED) is 0.853. The molecule has 0 atom stereocenters. The van der Waals surface area contributed by atoms with Crippen molar-refractivity contribution in [2.45, 2.75) is 12.6 Å². The summed E-state index contributed by atoms with van der Waals surface area (Å²) >= 11 is 11.4. The lowest BCUT2D eigenvalue weighted by atomic mass is 10.0. The number of allylic oxidation sites excluding steroid dienone is 1. The van der Waals surface area contributed by atoms with Crippen LogP contribution in [0.25, 0.3) is 0 Å². The Hall–Kier alpha value is -1.20. The minimum atomic E-state index is -4.73. The molecule has 1 N–H and O–H groups in total. The van der Waals surface area contributed by atoms with Gasteiger partial charge in [-0.1, -0.05) is 35.3 Å². The van der Waals surface area contributed by atoms with E-state index in [0.717, 1.165) is 0 Å². The second-order valence-electron chi connectivity index (χ2n) is 3.40. The first-order valence-electron chi connectivity index (χ1n) is 4.65. The van der Waals surface area contributed by atoms with E-state index in [0.29, 0.717) is 0 Å². The van der Waals surface area contributed by atoms with Crippen LogP contribution in [-0.4, -0.2) is 17.3 Å². The molecule has 0 spiro atoms. The molecule has 0 fully saturated rings. The van der Waals surface area contributed by atoms with Gasteiger partial charge in [0.25, 0.3) is 0 Å². The molecule has 0 amide bonds. The third-order valence-corrected chi connectivity index (χ3v) is 2.93. The molecule has 98 valence electrons. The molecule has 1 aromatic carbocycles. The Kier molecular flexibility index (Phi) is 4.65. The molecule has 0 heterocycles. The maximum atomic E-state index is 12.6. The average Bonchev–Trinajstić information content (AvgIpc) is 2.21. The van der Waals surface area contributed by atoms with Crippen LogP contribution in [0.15, 0.2) is 29.8 Å². The summed E-state index contributed by atoms with van der Waals surface area (Å²) in [6.45, 7) is 0. The van der Waals surface area contributed by atoms with Crippen molar-refractivity contribution in [3.63, 3.8) is 0 Å². The molecular weight excluding hydrogens is 292 g/mol. The Morgan fingerprint density at radius 1 is 1.33 bits per heavy atom. The number of halogens is 5. The molecule has 0 saturated carbocycles. The molecule has 0 bridgehead atoms. The fourth-order valence-electron chi connectivity index (χ4n) is 1.27. The summed E-state index contributed by atoms with van der Waals surface area (Å²) in [6.07, 6.45) is -5.25. The zero-order valence-electron chi connectivity index (χ0n) is 8.76. The number of aliphatic carboxylic acids is 1. The Bertz CT molecular complexity index is 496. The van der Waals surface area contributed by atoms with Crippen molar-refractivity contribution in [3.05, 3.63) is 45.5 Å². The van der Waals surface area contributed by atoms with Gasteiger partial charge in [-0.2, -0.15) is 13.2 Å². The van der Waals surface area contributed by atoms with Gasteiger partial charge < -0.3 is 5.11 Å². The second-order valence-corrected chi connectivity index (χ2v) is 4.18. The summed E-state index contributed by atoms with van der Waals surface area (Å²) < 4.78 is 37.8. The number of rotatable bonds is 3. The van der Waals surface area contributed by atoms with Crippen molar-refractivity contribution >= 4 is 29.2 Å². The van der Waals surface area contributed by atoms with Gasteiger partial charge in [0, 0.05) is 18.1 Å². The molecular formula is C11H7Cl2F3O2. The van der Waals surface area contributed by atoms with Gasteiger partial charge in [0.05, 0.1) is 10.0 Å². The average molecular weight is 299 g/mol. The van der Waals surface area contributed by atoms with E-state index in [1.54, 1.807) is 0 Å². The van der Waals surface area contributed by atoms with Gasteiger partial charge in [-0.15, -0.1) is 0 Å². The molecule has 0 unspecified atom stereocenters. The van der Waals surface area contributed by atoms with E-state index < -0.39 is 24.1 Å². The number of alkyl halides is 3. The largest absolute Gasteiger partial charge is 0.478 e. The first-order chi connectivity index (χ1) is 8.21. The highest BCUT2D eigenvalue weighted by Crippen LogP contribution is 2.32. The van der Waals surface area contributed by atoms with Gasteiger partial charge in [0.1, 0.15) is 0 Å². The standard InChI is InChI=1S/C11H7Cl2F3O2/c12-8-3-1-2-6(10(8)13)4-7(5-9(17)18)11(14,15)16/h1-3,5H,4H2,(H,17,18)/b7-5+. The van der Waals surface area contributed by atoms with Crippen molar-refractivity contribution in [1.29, 1.82) is 0 Å². The third-order valence-electron chi connectivity index (χ3n) is 2.07. The smallest absolute Gasteiger partial charge is 0.413 e. The van der Waals surface area contributed by atoms with Crippen LogP contribution in [0.2, 0.25) is 10.0 Å².